The molecular formula is C9H20NO4+. The summed E-state index contributed by atoms with van der Waals surface area (Å²) in [6.07, 6.45) is 0.0866. The number of quaternary nitrogens is 1. The summed E-state index contributed by atoms with van der Waals surface area (Å²) in [7, 11) is 8.50. The summed E-state index contributed by atoms with van der Waals surface area (Å²) in [4.78, 5) is 19.6. The molecule has 0 amide bonds. The van der Waals surface area contributed by atoms with Crippen LogP contribution in [0.1, 0.15) is 19.3 Å². The third-order valence-electron chi connectivity index (χ3n) is 0.781. The van der Waals surface area contributed by atoms with E-state index in [9.17, 15) is 9.59 Å². The molecule has 0 saturated carbocycles. The Morgan fingerprint density at radius 1 is 0.929 bits per heavy atom. The number of hydrogen-bond donors (Lipinski definition) is 2. The van der Waals surface area contributed by atoms with Gasteiger partial charge >= 0.3 is 11.9 Å². The molecule has 0 aliphatic carbocycles. The van der Waals surface area contributed by atoms with Gasteiger partial charge in [0.05, 0.1) is 28.2 Å². The standard InChI is InChI=1S/C5H8O4.C4H12N/c6-4(7)2-1-3-5(8)9;1-5(2,3)4/h1-3H2,(H,6,7)(H,8,9);1-4H3/q;+1. The molecule has 0 aliphatic heterocycles. The monoisotopic (exact) mass is 206 g/mol. The number of carbonyl (C=O) groups is 2. The molecule has 5 nitrogen and oxygen atoms in total. The highest BCUT2D eigenvalue weighted by atomic mass is 16.4. The second-order valence-corrected chi connectivity index (χ2v) is 4.32. The van der Waals surface area contributed by atoms with Gasteiger partial charge in [0, 0.05) is 12.8 Å². The molecule has 84 valence electrons. The summed E-state index contributed by atoms with van der Waals surface area (Å²) >= 11 is 0. The zero-order chi connectivity index (χ0) is 11.8. The predicted octanol–water partition coefficient (Wildman–Crippen LogP) is 0.648. The summed E-state index contributed by atoms with van der Waals surface area (Å²) in [5.41, 5.74) is 0. The quantitative estimate of drug-likeness (QED) is 0.662. The fourth-order valence-electron chi connectivity index (χ4n) is 0.391. The topological polar surface area (TPSA) is 74.6 Å². The van der Waals surface area contributed by atoms with Crippen LogP contribution in [0, 0.1) is 0 Å². The van der Waals surface area contributed by atoms with Gasteiger partial charge < -0.3 is 14.7 Å². The Hall–Kier alpha value is -1.10. The van der Waals surface area contributed by atoms with Crippen LogP contribution in [0.25, 0.3) is 0 Å². The molecule has 0 aromatic heterocycles. The number of aliphatic carboxylic acids is 2. The van der Waals surface area contributed by atoms with Gasteiger partial charge in [-0.3, -0.25) is 9.59 Å². The highest BCUT2D eigenvalue weighted by Crippen LogP contribution is 1.93. The maximum absolute atomic E-state index is 9.79. The van der Waals surface area contributed by atoms with E-state index in [-0.39, 0.29) is 19.3 Å². The summed E-state index contributed by atoms with van der Waals surface area (Å²) in [5.74, 6) is -1.90. The molecule has 0 rings (SSSR count). The summed E-state index contributed by atoms with van der Waals surface area (Å²) in [6.45, 7) is 0. The van der Waals surface area contributed by atoms with Crippen LogP contribution in [-0.2, 0) is 9.59 Å². The molecule has 0 aromatic rings. The molecule has 14 heavy (non-hydrogen) atoms. The second kappa shape index (κ2) is 7.32. The van der Waals surface area contributed by atoms with E-state index in [0.29, 0.717) is 0 Å². The Kier molecular flexibility index (Phi) is 8.04. The third-order valence-corrected chi connectivity index (χ3v) is 0.781. The van der Waals surface area contributed by atoms with Crippen LogP contribution in [0.3, 0.4) is 0 Å². The molecule has 0 atom stereocenters. The number of rotatable bonds is 4. The molecule has 0 fully saturated rings. The molecule has 5 heteroatoms. The molecule has 0 bridgehead atoms. The van der Waals surface area contributed by atoms with Crippen molar-refractivity contribution in [2.24, 2.45) is 0 Å². The van der Waals surface area contributed by atoms with Crippen molar-refractivity contribution < 1.29 is 24.3 Å². The van der Waals surface area contributed by atoms with Crippen molar-refractivity contribution in [1.82, 2.24) is 0 Å². The third kappa shape index (κ3) is 44.5. The van der Waals surface area contributed by atoms with Crippen molar-refractivity contribution in [3.63, 3.8) is 0 Å². The lowest BCUT2D eigenvalue weighted by Gasteiger charge is -2.14. The molecule has 0 unspecified atom stereocenters. The maximum atomic E-state index is 9.79. The van der Waals surface area contributed by atoms with Gasteiger partial charge in [-0.15, -0.1) is 0 Å². The average Bonchev–Trinajstić information content (AvgIpc) is 1.80. The first-order chi connectivity index (χ1) is 6.13. The Balaban J connectivity index is 0. The second-order valence-electron chi connectivity index (χ2n) is 4.32. The maximum Gasteiger partial charge on any atom is 0.303 e. The molecule has 0 aliphatic rings. The lowest BCUT2D eigenvalue weighted by Crippen LogP contribution is -2.27. The van der Waals surface area contributed by atoms with E-state index < -0.39 is 11.9 Å². The SMILES string of the molecule is C[N+](C)(C)C.O=C(O)CCCC(=O)O. The number of hydrogen-bond acceptors (Lipinski definition) is 2. The van der Waals surface area contributed by atoms with E-state index in [1.54, 1.807) is 0 Å². The van der Waals surface area contributed by atoms with E-state index in [4.69, 9.17) is 10.2 Å². The lowest BCUT2D eigenvalue weighted by molar-refractivity contribution is -0.849. The molecule has 0 saturated heterocycles. The van der Waals surface area contributed by atoms with Crippen LogP contribution >= 0.6 is 0 Å². The largest absolute Gasteiger partial charge is 0.481 e. The summed E-state index contributed by atoms with van der Waals surface area (Å²) in [6, 6.07) is 0. The van der Waals surface area contributed by atoms with Crippen LogP contribution in [0.2, 0.25) is 0 Å². The van der Waals surface area contributed by atoms with Gasteiger partial charge in [-0.1, -0.05) is 0 Å². The van der Waals surface area contributed by atoms with Crippen molar-refractivity contribution in [3.05, 3.63) is 0 Å². The summed E-state index contributed by atoms with van der Waals surface area (Å²) in [5, 5.41) is 16.1. The lowest BCUT2D eigenvalue weighted by atomic mass is 10.2. The molecular weight excluding hydrogens is 186 g/mol. The Bertz CT molecular complexity index is 164. The fraction of sp³-hybridized carbons (Fsp3) is 0.778. The van der Waals surface area contributed by atoms with Gasteiger partial charge in [-0.05, 0) is 6.42 Å². The van der Waals surface area contributed by atoms with Gasteiger partial charge in [0.15, 0.2) is 0 Å². The minimum absolute atomic E-state index is 0.0632. The van der Waals surface area contributed by atoms with Crippen molar-refractivity contribution in [3.8, 4) is 0 Å². The number of carboxylic acids is 2. The van der Waals surface area contributed by atoms with Gasteiger partial charge in [0.1, 0.15) is 0 Å². The molecule has 0 radical (unpaired) electrons. The first kappa shape index (κ1) is 15.4. The van der Waals surface area contributed by atoms with Crippen LogP contribution in [-0.4, -0.2) is 54.8 Å². The van der Waals surface area contributed by atoms with E-state index in [0.717, 1.165) is 4.48 Å². The van der Waals surface area contributed by atoms with Crippen LogP contribution in [0.5, 0.6) is 0 Å². The normalized spacial score (nSPS) is 10.0. The number of nitrogens with zero attached hydrogens (tertiary/aromatic N) is 1. The molecule has 0 spiro atoms. The minimum atomic E-state index is -0.948. The van der Waals surface area contributed by atoms with Crippen molar-refractivity contribution in [2.75, 3.05) is 28.2 Å². The van der Waals surface area contributed by atoms with E-state index >= 15 is 0 Å². The van der Waals surface area contributed by atoms with E-state index in [2.05, 4.69) is 28.2 Å². The smallest absolute Gasteiger partial charge is 0.303 e. The van der Waals surface area contributed by atoms with E-state index in [1.165, 1.54) is 0 Å². The van der Waals surface area contributed by atoms with Crippen molar-refractivity contribution in [1.29, 1.82) is 0 Å². The van der Waals surface area contributed by atoms with Crippen molar-refractivity contribution >= 4 is 11.9 Å². The highest BCUT2D eigenvalue weighted by Gasteiger charge is 1.99. The predicted molar refractivity (Wildman–Crippen MR) is 53.1 cm³/mol. The van der Waals surface area contributed by atoms with Gasteiger partial charge in [0.25, 0.3) is 0 Å². The van der Waals surface area contributed by atoms with Gasteiger partial charge in [-0.2, -0.15) is 0 Å². The Labute approximate surface area is 84.5 Å². The van der Waals surface area contributed by atoms with Gasteiger partial charge in [-0.25, -0.2) is 0 Å². The molecule has 2 N–H and O–H groups in total. The fourth-order valence-corrected chi connectivity index (χ4v) is 0.391. The van der Waals surface area contributed by atoms with Gasteiger partial charge in [0.2, 0.25) is 0 Å². The Morgan fingerprint density at radius 2 is 1.14 bits per heavy atom. The first-order valence-corrected chi connectivity index (χ1v) is 4.35. The van der Waals surface area contributed by atoms with Crippen LogP contribution in [0.4, 0.5) is 0 Å². The highest BCUT2D eigenvalue weighted by molar-refractivity contribution is 5.69. The first-order valence-electron chi connectivity index (χ1n) is 4.35. The van der Waals surface area contributed by atoms with E-state index in [1.807, 2.05) is 0 Å². The summed E-state index contributed by atoms with van der Waals surface area (Å²) < 4.78 is 1.00. The zero-order valence-electron chi connectivity index (χ0n) is 9.28. The Morgan fingerprint density at radius 3 is 1.29 bits per heavy atom. The molecule has 0 heterocycles. The van der Waals surface area contributed by atoms with Crippen LogP contribution < -0.4 is 0 Å². The zero-order valence-corrected chi connectivity index (χ0v) is 9.28. The molecule has 0 aromatic carbocycles. The van der Waals surface area contributed by atoms with Crippen molar-refractivity contribution in [2.45, 2.75) is 19.3 Å². The van der Waals surface area contributed by atoms with Crippen LogP contribution in [0.15, 0.2) is 0 Å². The minimum Gasteiger partial charge on any atom is -0.481 e. The average molecular weight is 206 g/mol. The number of carboxylic acid groups (broad SMARTS) is 2.